The summed E-state index contributed by atoms with van der Waals surface area (Å²) in [6.07, 6.45) is 1.13. The Balaban J connectivity index is 0. The van der Waals surface area contributed by atoms with Crippen molar-refractivity contribution < 1.29 is 39.0 Å². The van der Waals surface area contributed by atoms with E-state index >= 15 is 0 Å². The first-order chi connectivity index (χ1) is 10.3. The fourth-order valence-electron chi connectivity index (χ4n) is 1.49. The van der Waals surface area contributed by atoms with Crippen molar-refractivity contribution in [3.8, 4) is 0 Å². The van der Waals surface area contributed by atoms with Crippen molar-refractivity contribution in [1.82, 2.24) is 0 Å². The van der Waals surface area contributed by atoms with Crippen LogP contribution < -0.4 is 0 Å². The summed E-state index contributed by atoms with van der Waals surface area (Å²) in [5.41, 5.74) is 1.05. The molecule has 0 amide bonds. The predicted molar refractivity (Wildman–Crippen MR) is 73.7 cm³/mol. The van der Waals surface area contributed by atoms with E-state index in [-0.39, 0.29) is 31.7 Å². The Morgan fingerprint density at radius 1 is 0.682 bits per heavy atom. The first-order valence-electron chi connectivity index (χ1n) is 5.72. The molecule has 0 bridgehead atoms. The number of hydrogen-bond donors (Lipinski definition) is 0. The number of ketones is 2. The molecule has 1 radical (unpaired) electrons. The van der Waals surface area contributed by atoms with Crippen LogP contribution in [-0.4, -0.2) is 11.6 Å². The van der Waals surface area contributed by atoms with E-state index < -0.39 is 0 Å². The zero-order valence-electron chi connectivity index (χ0n) is 11.3. The van der Waals surface area contributed by atoms with Gasteiger partial charge in [-0.25, -0.2) is 0 Å². The molecule has 4 nitrogen and oxygen atoms in total. The van der Waals surface area contributed by atoms with Crippen LogP contribution in [0.3, 0.4) is 0 Å². The van der Waals surface area contributed by atoms with Crippen LogP contribution in [0.4, 0.5) is 0 Å². The van der Waals surface area contributed by atoms with Crippen LogP contribution in [-0.2, 0) is 29.4 Å². The molecule has 0 saturated carbocycles. The first kappa shape index (κ1) is 22.1. The maximum absolute atomic E-state index is 11.8. The number of carbonyl (C=O) groups is 2. The molecule has 0 unspecified atom stereocenters. The smallest absolute Gasteiger partial charge is 0 e. The molecule has 2 aromatic carbocycles. The molecule has 0 atom stereocenters. The van der Waals surface area contributed by atoms with Crippen LogP contribution in [0, 0.1) is 19.7 Å². The van der Waals surface area contributed by atoms with E-state index in [4.69, 9.17) is 9.30 Å². The van der Waals surface area contributed by atoms with Gasteiger partial charge in [0.25, 0.3) is 0 Å². The summed E-state index contributed by atoms with van der Waals surface area (Å²) < 4.78 is 15.0. The number of benzene rings is 2. The number of carbonyl (C=O) groups excluding carboxylic acids is 2. The Bertz CT molecular complexity index is 548. The molecular formula is C17H11IrO4-. The number of rotatable bonds is 4. The van der Waals surface area contributed by atoms with Gasteiger partial charge in [-0.05, 0) is 0 Å². The van der Waals surface area contributed by atoms with E-state index in [1.54, 1.807) is 48.5 Å². The minimum absolute atomic E-state index is 0. The maximum atomic E-state index is 11.8. The van der Waals surface area contributed by atoms with Crippen molar-refractivity contribution in [2.75, 3.05) is 0 Å². The number of hydrogen-bond acceptors (Lipinski definition) is 2. The second-order valence-electron chi connectivity index (χ2n) is 3.60. The molecule has 0 fully saturated rings. The van der Waals surface area contributed by atoms with E-state index in [0.29, 0.717) is 11.1 Å². The molecule has 0 aliphatic carbocycles. The Morgan fingerprint density at radius 2 is 0.955 bits per heavy atom. The molecule has 2 aromatic rings. The molecule has 0 saturated heterocycles. The SMILES string of the molecule is O=C([CH-]C(=O)c1ccccc1)c1ccccc1.[C-]#[O+].[C-]#[O+].[Ir]. The average Bonchev–Trinajstić information content (AvgIpc) is 2.60. The Morgan fingerprint density at radius 3 is 1.23 bits per heavy atom. The zero-order chi connectivity index (χ0) is 16.1. The van der Waals surface area contributed by atoms with Crippen LogP contribution >= 0.6 is 0 Å². The van der Waals surface area contributed by atoms with E-state index in [1.807, 2.05) is 12.1 Å². The van der Waals surface area contributed by atoms with Crippen molar-refractivity contribution >= 4 is 11.6 Å². The van der Waals surface area contributed by atoms with E-state index in [0.717, 1.165) is 6.42 Å². The van der Waals surface area contributed by atoms with Crippen molar-refractivity contribution in [3.05, 3.63) is 91.5 Å². The van der Waals surface area contributed by atoms with Gasteiger partial charge in [-0.15, -0.1) is 24.3 Å². The van der Waals surface area contributed by atoms with Gasteiger partial charge in [-0.1, -0.05) is 53.9 Å². The predicted octanol–water partition coefficient (Wildman–Crippen LogP) is 2.88. The van der Waals surface area contributed by atoms with Crippen molar-refractivity contribution in [2.24, 2.45) is 0 Å². The second kappa shape index (κ2) is 13.7. The van der Waals surface area contributed by atoms with Crippen molar-refractivity contribution in [3.63, 3.8) is 0 Å². The molecule has 22 heavy (non-hydrogen) atoms. The van der Waals surface area contributed by atoms with Gasteiger partial charge in [0.2, 0.25) is 0 Å². The summed E-state index contributed by atoms with van der Waals surface area (Å²) >= 11 is 0. The molecule has 113 valence electrons. The fourth-order valence-corrected chi connectivity index (χ4v) is 1.49. The molecule has 0 aromatic heterocycles. The molecule has 0 aliphatic rings. The molecule has 0 spiro atoms. The summed E-state index contributed by atoms with van der Waals surface area (Å²) in [6, 6.07) is 17.5. The summed E-state index contributed by atoms with van der Waals surface area (Å²) in [4.78, 5) is 23.5. The summed E-state index contributed by atoms with van der Waals surface area (Å²) in [5, 5.41) is 0. The van der Waals surface area contributed by atoms with Gasteiger partial charge in [-0.2, -0.15) is 0 Å². The topological polar surface area (TPSA) is 73.9 Å². The van der Waals surface area contributed by atoms with Gasteiger partial charge in [0.15, 0.2) is 0 Å². The normalized spacial score (nSPS) is 7.64. The van der Waals surface area contributed by atoms with Crippen LogP contribution in [0.15, 0.2) is 60.7 Å². The van der Waals surface area contributed by atoms with Crippen molar-refractivity contribution in [2.45, 2.75) is 0 Å². The van der Waals surface area contributed by atoms with E-state index in [1.165, 1.54) is 0 Å². The average molecular weight is 471 g/mol. The summed E-state index contributed by atoms with van der Waals surface area (Å²) in [6.45, 7) is 9.00. The molecule has 5 heteroatoms. The monoisotopic (exact) mass is 472 g/mol. The summed E-state index contributed by atoms with van der Waals surface area (Å²) in [7, 11) is 0. The van der Waals surface area contributed by atoms with Crippen LogP contribution in [0.25, 0.3) is 0 Å². The fraction of sp³-hybridized carbons (Fsp3) is 0. The summed E-state index contributed by atoms with van der Waals surface area (Å²) in [5.74, 6) is -0.529. The molecule has 0 heterocycles. The van der Waals surface area contributed by atoms with Gasteiger partial charge in [0, 0.05) is 20.1 Å². The molecule has 0 N–H and O–H groups in total. The first-order valence-corrected chi connectivity index (χ1v) is 5.72. The van der Waals surface area contributed by atoms with E-state index in [2.05, 4.69) is 13.3 Å². The third-order valence-corrected chi connectivity index (χ3v) is 2.38. The Labute approximate surface area is 142 Å². The van der Waals surface area contributed by atoms with Crippen LogP contribution in [0.5, 0.6) is 0 Å². The van der Waals surface area contributed by atoms with E-state index in [9.17, 15) is 9.59 Å². The maximum Gasteiger partial charge on any atom is 0 e. The Kier molecular flexibility index (Phi) is 13.8. The molecular weight excluding hydrogens is 460 g/mol. The minimum Gasteiger partial charge on any atom is 0 e. The quantitative estimate of drug-likeness (QED) is 0.298. The molecule has 0 aliphatic heterocycles. The number of Topliss-reactive ketones (excluding diaryl/α,β-unsaturated/α-hetero) is 2. The third-order valence-electron chi connectivity index (χ3n) is 2.38. The largest absolute Gasteiger partial charge is 0 e. The Hall–Kier alpha value is -2.22. The van der Waals surface area contributed by atoms with Gasteiger partial charge >= 0.3 is 22.6 Å². The second-order valence-corrected chi connectivity index (χ2v) is 3.60. The zero-order valence-corrected chi connectivity index (χ0v) is 13.7. The van der Waals surface area contributed by atoms with Crippen LogP contribution in [0.2, 0.25) is 0 Å². The third kappa shape index (κ3) is 7.53. The molecule has 2 rings (SSSR count). The van der Waals surface area contributed by atoms with Gasteiger partial charge in [0.1, 0.15) is 0 Å². The van der Waals surface area contributed by atoms with Crippen LogP contribution in [0.1, 0.15) is 20.7 Å². The standard InChI is InChI=1S/C15H11O2.2CO.Ir/c16-14(12-7-3-1-4-8-12)11-15(17)13-9-5-2-6-10-13;2*1-2;/h1-11H;;;/q-1;;;. The minimum atomic E-state index is -0.264. The van der Waals surface area contributed by atoms with Gasteiger partial charge in [-0.3, -0.25) is 0 Å². The van der Waals surface area contributed by atoms with Crippen molar-refractivity contribution in [1.29, 1.82) is 0 Å². The van der Waals surface area contributed by atoms with Gasteiger partial charge in [0.05, 0.1) is 11.6 Å². The van der Waals surface area contributed by atoms with Gasteiger partial charge < -0.3 is 9.59 Å².